The predicted molar refractivity (Wildman–Crippen MR) is 261 cm³/mol. The predicted octanol–water partition coefficient (Wildman–Crippen LogP) is 17.2. The van der Waals surface area contributed by atoms with Gasteiger partial charge in [-0.1, -0.05) is 170 Å². The van der Waals surface area contributed by atoms with Gasteiger partial charge in [0, 0.05) is 53.4 Å². The maximum atomic E-state index is 6.55. The Morgan fingerprint density at radius 2 is 0.836 bits per heavy atom. The van der Waals surface area contributed by atoms with Gasteiger partial charge in [-0.2, -0.15) is 0 Å². The number of rotatable bonds is 7. The van der Waals surface area contributed by atoms with Gasteiger partial charge in [-0.15, -0.1) is 11.3 Å². The van der Waals surface area contributed by atoms with Gasteiger partial charge in [-0.25, -0.2) is 0 Å². The van der Waals surface area contributed by atoms with Gasteiger partial charge in [0.15, 0.2) is 0 Å². The van der Waals surface area contributed by atoms with E-state index in [1.165, 1.54) is 58.9 Å². The SMILES string of the molecule is c1ccc(-c2ccc(-c3ccc(N(c4ccc(-c5cccc6c5sc5ccccc56)cc4)c4ccc(-c5cccc6oc7c8ccccc8ccc7c56)cc4)cc3)cc2)cc1. The van der Waals surface area contributed by atoms with Crippen LogP contribution in [0.2, 0.25) is 0 Å². The summed E-state index contributed by atoms with van der Waals surface area (Å²) in [6.45, 7) is 0. The minimum atomic E-state index is 0.899. The van der Waals surface area contributed by atoms with E-state index in [4.69, 9.17) is 4.42 Å². The summed E-state index contributed by atoms with van der Waals surface area (Å²) < 4.78 is 9.19. The molecule has 286 valence electrons. The van der Waals surface area contributed by atoms with Gasteiger partial charge in [0.1, 0.15) is 11.2 Å². The van der Waals surface area contributed by atoms with Crippen LogP contribution in [-0.2, 0) is 0 Å². The van der Waals surface area contributed by atoms with Crippen molar-refractivity contribution in [1.82, 2.24) is 0 Å². The Labute approximate surface area is 357 Å². The van der Waals surface area contributed by atoms with Crippen molar-refractivity contribution in [2.24, 2.45) is 0 Å². The fraction of sp³-hybridized carbons (Fsp3) is 0. The zero-order valence-corrected chi connectivity index (χ0v) is 33.9. The number of thiophene rings is 1. The maximum absolute atomic E-state index is 6.55. The summed E-state index contributed by atoms with van der Waals surface area (Å²) in [5.74, 6) is 0. The van der Waals surface area contributed by atoms with Crippen LogP contribution in [0.3, 0.4) is 0 Å². The van der Waals surface area contributed by atoms with Crippen molar-refractivity contribution in [2.45, 2.75) is 0 Å². The van der Waals surface area contributed by atoms with Crippen LogP contribution in [0.4, 0.5) is 17.1 Å². The van der Waals surface area contributed by atoms with Crippen LogP contribution in [0.25, 0.3) is 97.4 Å². The third-order valence-electron chi connectivity index (χ3n) is 12.1. The van der Waals surface area contributed by atoms with Crippen molar-refractivity contribution in [3.8, 4) is 44.5 Å². The first-order valence-corrected chi connectivity index (χ1v) is 21.6. The molecule has 0 aliphatic rings. The van der Waals surface area contributed by atoms with E-state index in [-0.39, 0.29) is 0 Å². The molecule has 2 nitrogen and oxygen atoms in total. The van der Waals surface area contributed by atoms with Crippen molar-refractivity contribution in [1.29, 1.82) is 0 Å². The Kier molecular flexibility index (Phi) is 8.39. The normalized spacial score (nSPS) is 11.6. The van der Waals surface area contributed by atoms with Gasteiger partial charge >= 0.3 is 0 Å². The van der Waals surface area contributed by atoms with Crippen LogP contribution >= 0.6 is 11.3 Å². The Balaban J connectivity index is 0.933. The van der Waals surface area contributed by atoms with Gasteiger partial charge < -0.3 is 9.32 Å². The van der Waals surface area contributed by atoms with E-state index in [1.807, 2.05) is 11.3 Å². The quantitative estimate of drug-likeness (QED) is 0.160. The summed E-state index contributed by atoms with van der Waals surface area (Å²) in [6, 6.07) is 81.0. The summed E-state index contributed by atoms with van der Waals surface area (Å²) in [5.41, 5.74) is 14.7. The molecule has 0 bridgehead atoms. The number of furan rings is 1. The van der Waals surface area contributed by atoms with Crippen LogP contribution in [-0.4, -0.2) is 0 Å². The molecule has 0 radical (unpaired) electrons. The number of hydrogen-bond acceptors (Lipinski definition) is 3. The fourth-order valence-corrected chi connectivity index (χ4v) is 10.3. The topological polar surface area (TPSA) is 16.4 Å². The van der Waals surface area contributed by atoms with E-state index in [9.17, 15) is 0 Å². The Morgan fingerprint density at radius 1 is 0.328 bits per heavy atom. The van der Waals surface area contributed by atoms with Crippen LogP contribution < -0.4 is 4.90 Å². The molecule has 0 saturated carbocycles. The van der Waals surface area contributed by atoms with Gasteiger partial charge in [0.2, 0.25) is 0 Å². The fourth-order valence-electron chi connectivity index (χ4n) is 9.08. The van der Waals surface area contributed by atoms with Crippen molar-refractivity contribution in [3.63, 3.8) is 0 Å². The van der Waals surface area contributed by atoms with Crippen LogP contribution in [0, 0.1) is 0 Å². The number of hydrogen-bond donors (Lipinski definition) is 0. The second-order valence-electron chi connectivity index (χ2n) is 15.6. The van der Waals surface area contributed by atoms with Gasteiger partial charge in [0.25, 0.3) is 0 Å². The molecular weight excluding hydrogens is 759 g/mol. The molecule has 0 fully saturated rings. The highest BCUT2D eigenvalue weighted by atomic mass is 32.1. The van der Waals surface area contributed by atoms with Crippen molar-refractivity contribution < 1.29 is 4.42 Å². The van der Waals surface area contributed by atoms with E-state index in [2.05, 4.69) is 229 Å². The Hall–Kier alpha value is -7.72. The first kappa shape index (κ1) is 35.2. The minimum absolute atomic E-state index is 0.899. The molecule has 61 heavy (non-hydrogen) atoms. The molecule has 12 aromatic rings. The first-order chi connectivity index (χ1) is 30.2. The molecule has 0 saturated heterocycles. The lowest BCUT2D eigenvalue weighted by molar-refractivity contribution is 0.673. The highest BCUT2D eigenvalue weighted by Gasteiger charge is 2.18. The zero-order chi connectivity index (χ0) is 40.3. The standard InChI is InChI=1S/C58H37NOS/c1-2-10-38(11-3-1)39-20-22-40(23-21-39)41-24-31-45(32-25-41)59(47-35-28-44(29-36-47)50-16-8-17-52-51-14-6-7-19-55(51)61-58(50)52)46-33-26-43(27-34-46)48-15-9-18-54-56(48)53-37-30-42-12-4-5-13-49(42)57(53)60-54/h1-37H. The molecule has 0 atom stereocenters. The molecular formula is C58H37NOS. The summed E-state index contributed by atoms with van der Waals surface area (Å²) >= 11 is 1.87. The highest BCUT2D eigenvalue weighted by Crippen LogP contribution is 2.44. The lowest BCUT2D eigenvalue weighted by atomic mass is 9.97. The van der Waals surface area contributed by atoms with Crippen molar-refractivity contribution >= 4 is 81.3 Å². The molecule has 2 aromatic heterocycles. The summed E-state index contributed by atoms with van der Waals surface area (Å²) in [5, 5.41) is 7.22. The van der Waals surface area contributed by atoms with Crippen LogP contribution in [0.1, 0.15) is 0 Å². The summed E-state index contributed by atoms with van der Waals surface area (Å²) in [4.78, 5) is 2.36. The molecule has 3 heteroatoms. The van der Waals surface area contributed by atoms with Crippen molar-refractivity contribution in [3.05, 3.63) is 224 Å². The average molecular weight is 796 g/mol. The minimum Gasteiger partial charge on any atom is -0.455 e. The highest BCUT2D eigenvalue weighted by molar-refractivity contribution is 7.26. The molecule has 0 unspecified atom stereocenters. The number of anilines is 3. The third-order valence-corrected chi connectivity index (χ3v) is 13.3. The van der Waals surface area contributed by atoms with E-state index in [0.29, 0.717) is 0 Å². The second-order valence-corrected chi connectivity index (χ2v) is 16.7. The van der Waals surface area contributed by atoms with E-state index >= 15 is 0 Å². The molecule has 0 aliphatic carbocycles. The zero-order valence-electron chi connectivity index (χ0n) is 33.1. The first-order valence-electron chi connectivity index (χ1n) is 20.7. The summed E-state index contributed by atoms with van der Waals surface area (Å²) in [7, 11) is 0. The van der Waals surface area contributed by atoms with Gasteiger partial charge in [-0.3, -0.25) is 0 Å². The molecule has 12 rings (SSSR count). The second kappa shape index (κ2) is 14.5. The molecule has 0 N–H and O–H groups in total. The number of fused-ring (bicyclic) bond motifs is 8. The van der Waals surface area contributed by atoms with Crippen LogP contribution in [0.15, 0.2) is 229 Å². The Morgan fingerprint density at radius 3 is 1.52 bits per heavy atom. The van der Waals surface area contributed by atoms with E-state index in [0.717, 1.165) is 55.5 Å². The smallest absolute Gasteiger partial charge is 0.143 e. The van der Waals surface area contributed by atoms with E-state index in [1.54, 1.807) is 0 Å². The van der Waals surface area contributed by atoms with E-state index < -0.39 is 0 Å². The monoisotopic (exact) mass is 795 g/mol. The largest absolute Gasteiger partial charge is 0.455 e. The molecule has 10 aromatic carbocycles. The lowest BCUT2D eigenvalue weighted by Gasteiger charge is -2.26. The lowest BCUT2D eigenvalue weighted by Crippen LogP contribution is -2.09. The average Bonchev–Trinajstić information content (AvgIpc) is 3.92. The van der Waals surface area contributed by atoms with Gasteiger partial charge in [-0.05, 0) is 104 Å². The molecule has 0 amide bonds. The third kappa shape index (κ3) is 6.09. The van der Waals surface area contributed by atoms with Gasteiger partial charge in [0.05, 0.1) is 0 Å². The molecule has 0 aliphatic heterocycles. The number of nitrogens with zero attached hydrogens (tertiary/aromatic N) is 1. The summed E-state index contributed by atoms with van der Waals surface area (Å²) in [6.07, 6.45) is 0. The number of benzene rings is 10. The Bertz CT molecular complexity index is 3550. The molecule has 0 spiro atoms. The van der Waals surface area contributed by atoms with Crippen LogP contribution in [0.5, 0.6) is 0 Å². The maximum Gasteiger partial charge on any atom is 0.143 e. The van der Waals surface area contributed by atoms with Crippen molar-refractivity contribution in [2.75, 3.05) is 4.90 Å². The molecule has 2 heterocycles.